The van der Waals surface area contributed by atoms with Gasteiger partial charge in [-0.15, -0.1) is 0 Å². The van der Waals surface area contributed by atoms with E-state index in [0.717, 1.165) is 19.0 Å². The molecule has 0 amide bonds. The van der Waals surface area contributed by atoms with Crippen molar-refractivity contribution in [2.75, 3.05) is 0 Å². The molecule has 1 N–H and O–H groups in total. The first kappa shape index (κ1) is 15.1. The average Bonchev–Trinajstić information content (AvgIpc) is 2.87. The molecule has 2 aromatic rings. The molecule has 0 aliphatic carbocycles. The minimum absolute atomic E-state index is 0.508. The molecular weight excluding hydrogens is 292 g/mol. The number of aryl methyl sites for hydroxylation is 1. The maximum absolute atomic E-state index is 10.6. The summed E-state index contributed by atoms with van der Waals surface area (Å²) in [6, 6.07) is 5.03. The molecule has 0 aliphatic heterocycles. The lowest BCUT2D eigenvalue weighted by Crippen LogP contribution is -1.95. The van der Waals surface area contributed by atoms with Gasteiger partial charge in [0.25, 0.3) is 0 Å². The molecule has 0 aliphatic rings. The van der Waals surface area contributed by atoms with Gasteiger partial charge < -0.3 is 9.84 Å². The summed E-state index contributed by atoms with van der Waals surface area (Å²) in [5.41, 5.74) is 0.591. The van der Waals surface area contributed by atoms with Crippen LogP contribution < -0.4 is 4.74 Å². The quantitative estimate of drug-likeness (QED) is 0.824. The molecule has 0 atom stereocenters. The van der Waals surface area contributed by atoms with Crippen molar-refractivity contribution in [1.29, 1.82) is 0 Å². The molecule has 0 spiro atoms. The van der Waals surface area contributed by atoms with Crippen molar-refractivity contribution in [2.45, 2.75) is 19.9 Å². The molecule has 2 rings (SSSR count). The third-order valence-corrected chi connectivity index (χ3v) is 2.90. The number of carboxylic acid groups (broad SMARTS) is 1. The molecular formula is C15H15ClN2O3. The number of nitrogens with zero attached hydrogens (tertiary/aromatic N) is 2. The van der Waals surface area contributed by atoms with Crippen LogP contribution in [0.4, 0.5) is 0 Å². The van der Waals surface area contributed by atoms with Gasteiger partial charge in [-0.1, -0.05) is 18.5 Å². The van der Waals surface area contributed by atoms with E-state index in [4.69, 9.17) is 21.4 Å². The van der Waals surface area contributed by atoms with Crippen molar-refractivity contribution in [3.05, 3.63) is 47.3 Å². The van der Waals surface area contributed by atoms with Gasteiger partial charge in [0.15, 0.2) is 5.75 Å². The Balaban J connectivity index is 2.23. The summed E-state index contributed by atoms with van der Waals surface area (Å²) in [5, 5.41) is 13.4. The third kappa shape index (κ3) is 4.36. The number of aromatic nitrogens is 2. The van der Waals surface area contributed by atoms with Crippen molar-refractivity contribution in [3.8, 4) is 11.5 Å². The van der Waals surface area contributed by atoms with Gasteiger partial charge in [-0.25, -0.2) is 4.79 Å². The lowest BCUT2D eigenvalue weighted by atomic mass is 10.2. The smallest absolute Gasteiger partial charge is 0.328 e. The van der Waals surface area contributed by atoms with E-state index in [-0.39, 0.29) is 0 Å². The predicted molar refractivity (Wildman–Crippen MR) is 80.7 cm³/mol. The highest BCUT2D eigenvalue weighted by molar-refractivity contribution is 6.30. The summed E-state index contributed by atoms with van der Waals surface area (Å²) in [7, 11) is 0. The zero-order valence-electron chi connectivity index (χ0n) is 11.5. The number of ether oxygens (including phenoxy) is 1. The first-order valence-electron chi connectivity index (χ1n) is 6.49. The van der Waals surface area contributed by atoms with Crippen LogP contribution >= 0.6 is 11.6 Å². The number of carboxylic acids is 1. The van der Waals surface area contributed by atoms with Gasteiger partial charge in [-0.3, -0.25) is 4.68 Å². The van der Waals surface area contributed by atoms with Gasteiger partial charge in [-0.2, -0.15) is 5.10 Å². The molecule has 0 radical (unpaired) electrons. The lowest BCUT2D eigenvalue weighted by Gasteiger charge is -2.07. The maximum atomic E-state index is 10.6. The Labute approximate surface area is 127 Å². The van der Waals surface area contributed by atoms with E-state index in [1.807, 2.05) is 0 Å². The molecule has 0 saturated carbocycles. The van der Waals surface area contributed by atoms with Crippen LogP contribution in [0.3, 0.4) is 0 Å². The number of rotatable bonds is 6. The van der Waals surface area contributed by atoms with Gasteiger partial charge in [0.2, 0.25) is 0 Å². The van der Waals surface area contributed by atoms with Crippen molar-refractivity contribution < 1.29 is 14.6 Å². The van der Waals surface area contributed by atoms with Crippen LogP contribution in [0.5, 0.6) is 11.5 Å². The molecule has 5 nitrogen and oxygen atoms in total. The number of carbonyl (C=O) groups is 1. The third-order valence-electron chi connectivity index (χ3n) is 2.67. The topological polar surface area (TPSA) is 64.3 Å². The van der Waals surface area contributed by atoms with Gasteiger partial charge in [0.1, 0.15) is 5.75 Å². The fourth-order valence-corrected chi connectivity index (χ4v) is 1.96. The molecule has 6 heteroatoms. The largest absolute Gasteiger partial charge is 0.478 e. The number of halogens is 1. The molecule has 110 valence electrons. The maximum Gasteiger partial charge on any atom is 0.328 e. The van der Waals surface area contributed by atoms with Crippen LogP contribution in [0.15, 0.2) is 36.7 Å². The molecule has 21 heavy (non-hydrogen) atoms. The summed E-state index contributed by atoms with van der Waals surface area (Å²) in [6.07, 6.45) is 6.88. The zero-order valence-corrected chi connectivity index (χ0v) is 12.2. The fraction of sp³-hybridized carbons (Fsp3) is 0.200. The standard InChI is InChI=1S/C15H15ClN2O3/c1-2-7-18-10-13(9-17-18)21-14-5-4-12(16)8-11(14)3-6-15(19)20/h3-6,8-10H,2,7H2,1H3,(H,19,20)/b6-3+. The van der Waals surface area contributed by atoms with Crippen LogP contribution in [0.2, 0.25) is 5.02 Å². The van der Waals surface area contributed by atoms with E-state index in [1.165, 1.54) is 6.08 Å². The fourth-order valence-electron chi connectivity index (χ4n) is 1.78. The number of aliphatic carboxylic acids is 1. The molecule has 1 aromatic carbocycles. The SMILES string of the molecule is CCCn1cc(Oc2ccc(Cl)cc2/C=C/C(=O)O)cn1. The van der Waals surface area contributed by atoms with Crippen LogP contribution in [0.25, 0.3) is 6.08 Å². The van der Waals surface area contributed by atoms with Crippen LogP contribution in [-0.2, 0) is 11.3 Å². The average molecular weight is 307 g/mol. The highest BCUT2D eigenvalue weighted by Gasteiger charge is 2.06. The Hall–Kier alpha value is -2.27. The molecule has 1 heterocycles. The highest BCUT2D eigenvalue weighted by Crippen LogP contribution is 2.28. The van der Waals surface area contributed by atoms with E-state index < -0.39 is 5.97 Å². The summed E-state index contributed by atoms with van der Waals surface area (Å²) < 4.78 is 7.53. The minimum Gasteiger partial charge on any atom is -0.478 e. The first-order valence-corrected chi connectivity index (χ1v) is 6.87. The normalized spacial score (nSPS) is 11.0. The molecule has 0 saturated heterocycles. The van der Waals surface area contributed by atoms with Gasteiger partial charge >= 0.3 is 5.97 Å². The van der Waals surface area contributed by atoms with Crippen molar-refractivity contribution in [2.24, 2.45) is 0 Å². The Morgan fingerprint density at radius 1 is 1.52 bits per heavy atom. The molecule has 0 fully saturated rings. The second-order valence-electron chi connectivity index (χ2n) is 4.39. The van der Waals surface area contributed by atoms with E-state index in [1.54, 1.807) is 35.3 Å². The molecule has 0 bridgehead atoms. The second kappa shape index (κ2) is 6.95. The lowest BCUT2D eigenvalue weighted by molar-refractivity contribution is -0.131. The number of benzene rings is 1. The van der Waals surface area contributed by atoms with Crippen LogP contribution in [0, 0.1) is 0 Å². The number of hydrogen-bond donors (Lipinski definition) is 1. The molecule has 0 unspecified atom stereocenters. The van der Waals surface area contributed by atoms with E-state index in [0.29, 0.717) is 22.1 Å². The van der Waals surface area contributed by atoms with Gasteiger partial charge in [0, 0.05) is 23.2 Å². The Morgan fingerprint density at radius 2 is 2.33 bits per heavy atom. The molecule has 1 aromatic heterocycles. The Bertz CT molecular complexity index is 665. The van der Waals surface area contributed by atoms with E-state index in [9.17, 15) is 4.79 Å². The van der Waals surface area contributed by atoms with Crippen LogP contribution in [0.1, 0.15) is 18.9 Å². The summed E-state index contributed by atoms with van der Waals surface area (Å²) in [4.78, 5) is 10.6. The number of hydrogen-bond acceptors (Lipinski definition) is 3. The zero-order chi connectivity index (χ0) is 15.2. The predicted octanol–water partition coefficient (Wildman–Crippen LogP) is 3.84. The van der Waals surface area contributed by atoms with Gasteiger partial charge in [-0.05, 0) is 30.7 Å². The summed E-state index contributed by atoms with van der Waals surface area (Å²) >= 11 is 5.93. The minimum atomic E-state index is -1.03. The monoisotopic (exact) mass is 306 g/mol. The van der Waals surface area contributed by atoms with Crippen molar-refractivity contribution in [1.82, 2.24) is 9.78 Å². The highest BCUT2D eigenvalue weighted by atomic mass is 35.5. The van der Waals surface area contributed by atoms with Crippen molar-refractivity contribution in [3.63, 3.8) is 0 Å². The van der Waals surface area contributed by atoms with Crippen molar-refractivity contribution >= 4 is 23.6 Å². The Morgan fingerprint density at radius 3 is 3.05 bits per heavy atom. The van der Waals surface area contributed by atoms with Gasteiger partial charge in [0.05, 0.1) is 12.4 Å². The first-order chi connectivity index (χ1) is 10.1. The Kier molecular flexibility index (Phi) is 5.00. The van der Waals surface area contributed by atoms with E-state index >= 15 is 0 Å². The second-order valence-corrected chi connectivity index (χ2v) is 4.83. The summed E-state index contributed by atoms with van der Waals surface area (Å²) in [5.74, 6) is 0.0837. The van der Waals surface area contributed by atoms with E-state index in [2.05, 4.69) is 12.0 Å². The van der Waals surface area contributed by atoms with Crippen LogP contribution in [-0.4, -0.2) is 20.9 Å². The summed E-state index contributed by atoms with van der Waals surface area (Å²) in [6.45, 7) is 2.88.